The average molecular weight is 483 g/mol. The van der Waals surface area contributed by atoms with E-state index in [4.69, 9.17) is 15.6 Å². The summed E-state index contributed by atoms with van der Waals surface area (Å²) in [6.45, 7) is 3.69. The Balaban J connectivity index is 1.97. The van der Waals surface area contributed by atoms with Crippen LogP contribution in [0.5, 0.6) is 0 Å². The normalized spacial score (nSPS) is 15.8. The second kappa shape index (κ2) is 14.0. The summed E-state index contributed by atoms with van der Waals surface area (Å²) in [6, 6.07) is 3.87. The monoisotopic (exact) mass is 482 g/mol. The van der Waals surface area contributed by atoms with Crippen LogP contribution in [0.25, 0.3) is 0 Å². The minimum Gasteiger partial charge on any atom is -0.462 e. The summed E-state index contributed by atoms with van der Waals surface area (Å²) in [6.07, 6.45) is 12.3. The summed E-state index contributed by atoms with van der Waals surface area (Å²) in [7, 11) is 0. The molecule has 1 aliphatic carbocycles. The number of nitrogens with two attached hydrogens (primary N) is 1. The Morgan fingerprint density at radius 1 is 1.17 bits per heavy atom. The summed E-state index contributed by atoms with van der Waals surface area (Å²) in [5.41, 5.74) is 8.71. The average Bonchev–Trinajstić information content (AvgIpc) is 2.76. The van der Waals surface area contributed by atoms with Crippen LogP contribution >= 0.6 is 15.9 Å². The first-order chi connectivity index (χ1) is 14.6. The molecule has 1 saturated carbocycles. The van der Waals surface area contributed by atoms with Crippen molar-refractivity contribution in [2.75, 3.05) is 25.5 Å². The summed E-state index contributed by atoms with van der Waals surface area (Å²) in [5, 5.41) is 12.4. The highest BCUT2D eigenvalue weighted by molar-refractivity contribution is 9.10. The fourth-order valence-corrected chi connectivity index (χ4v) is 4.88. The zero-order chi connectivity index (χ0) is 21.8. The first-order valence-corrected chi connectivity index (χ1v) is 12.5. The Morgan fingerprint density at radius 3 is 2.50 bits per heavy atom. The number of halogens is 1. The second-order valence-corrected chi connectivity index (χ2v) is 9.23. The number of esters is 1. The van der Waals surface area contributed by atoms with Crippen LogP contribution < -0.4 is 11.1 Å². The van der Waals surface area contributed by atoms with E-state index in [0.717, 1.165) is 55.1 Å². The topological polar surface area (TPSA) is 84.6 Å². The Hall–Kier alpha value is -1.11. The van der Waals surface area contributed by atoms with Gasteiger partial charge in [0.25, 0.3) is 0 Å². The number of ether oxygens (including phenoxy) is 1. The molecule has 1 aromatic carbocycles. The molecule has 1 aromatic rings. The van der Waals surface area contributed by atoms with Crippen molar-refractivity contribution in [1.29, 1.82) is 0 Å². The van der Waals surface area contributed by atoms with Crippen molar-refractivity contribution in [3.05, 3.63) is 27.7 Å². The van der Waals surface area contributed by atoms with Crippen molar-refractivity contribution in [1.82, 2.24) is 5.32 Å². The maximum Gasteiger partial charge on any atom is 0.338 e. The molecule has 0 radical (unpaired) electrons. The third kappa shape index (κ3) is 7.86. The highest BCUT2D eigenvalue weighted by Gasteiger charge is 2.27. The lowest BCUT2D eigenvalue weighted by atomic mass is 9.80. The van der Waals surface area contributed by atoms with Crippen LogP contribution in [0.2, 0.25) is 0 Å². The van der Waals surface area contributed by atoms with E-state index in [2.05, 4.69) is 28.2 Å². The minimum atomic E-state index is -0.281. The molecule has 4 N–H and O–H groups in total. The highest BCUT2D eigenvalue weighted by atomic mass is 79.9. The van der Waals surface area contributed by atoms with E-state index >= 15 is 0 Å². The molecule has 0 heterocycles. The molecule has 0 amide bonds. The van der Waals surface area contributed by atoms with Gasteiger partial charge >= 0.3 is 5.97 Å². The summed E-state index contributed by atoms with van der Waals surface area (Å²) in [5.74, 6) is 0.265. The number of aliphatic hydroxyl groups excluding tert-OH is 1. The molecule has 0 saturated heterocycles. The van der Waals surface area contributed by atoms with Gasteiger partial charge in [-0.1, -0.05) is 51.9 Å². The van der Waals surface area contributed by atoms with E-state index in [0.29, 0.717) is 23.8 Å². The lowest BCUT2D eigenvalue weighted by Crippen LogP contribution is -2.30. The third-order valence-electron chi connectivity index (χ3n) is 6.06. The summed E-state index contributed by atoms with van der Waals surface area (Å²) in [4.78, 5) is 12.7. The molecule has 0 aromatic heterocycles. The zero-order valence-electron chi connectivity index (χ0n) is 18.4. The lowest BCUT2D eigenvalue weighted by Gasteiger charge is -2.32. The van der Waals surface area contributed by atoms with E-state index in [1.165, 1.54) is 32.1 Å². The molecule has 0 spiro atoms. The Labute approximate surface area is 190 Å². The molecule has 5 nitrogen and oxygen atoms in total. The lowest BCUT2D eigenvalue weighted by molar-refractivity contribution is 0.0497. The van der Waals surface area contributed by atoms with Crippen LogP contribution in [0, 0.1) is 5.92 Å². The zero-order valence-corrected chi connectivity index (χ0v) is 20.0. The number of aliphatic hydroxyl groups is 1. The van der Waals surface area contributed by atoms with Gasteiger partial charge in [-0.3, -0.25) is 0 Å². The number of nitrogen functional groups attached to an aromatic ring is 1. The maximum absolute atomic E-state index is 12.7. The highest BCUT2D eigenvalue weighted by Crippen LogP contribution is 2.39. The van der Waals surface area contributed by atoms with Gasteiger partial charge in [0.1, 0.15) is 0 Å². The summed E-state index contributed by atoms with van der Waals surface area (Å²) >= 11 is 3.55. The van der Waals surface area contributed by atoms with Gasteiger partial charge in [0.15, 0.2) is 0 Å². The number of unbranched alkanes of at least 4 members (excludes halogenated alkanes) is 5. The van der Waals surface area contributed by atoms with Gasteiger partial charge in [-0.2, -0.15) is 0 Å². The van der Waals surface area contributed by atoms with Crippen molar-refractivity contribution in [3.8, 4) is 0 Å². The fourth-order valence-electron chi connectivity index (χ4n) is 4.40. The molecule has 170 valence electrons. The number of benzene rings is 1. The van der Waals surface area contributed by atoms with E-state index < -0.39 is 0 Å². The molecule has 0 bridgehead atoms. The van der Waals surface area contributed by atoms with Crippen molar-refractivity contribution < 1.29 is 14.6 Å². The number of nitrogens with one attached hydrogen (secondary N) is 1. The number of hydrogen-bond donors (Lipinski definition) is 3. The number of carbonyl (C=O) groups is 1. The number of rotatable bonds is 13. The van der Waals surface area contributed by atoms with Gasteiger partial charge in [-0.15, -0.1) is 0 Å². The van der Waals surface area contributed by atoms with Gasteiger partial charge < -0.3 is 20.9 Å². The largest absolute Gasteiger partial charge is 0.462 e. The van der Waals surface area contributed by atoms with Crippen molar-refractivity contribution in [2.24, 2.45) is 5.92 Å². The third-order valence-corrected chi connectivity index (χ3v) is 6.72. The Bertz CT molecular complexity index is 648. The van der Waals surface area contributed by atoms with Crippen LogP contribution in [0.15, 0.2) is 16.6 Å². The standard InChI is InChI=1S/C24H39BrN2O3/c1-2-27-23(18-12-8-7-9-13-18)20-16-19(17-21(25)22(20)26)24(29)30-15-11-6-4-3-5-10-14-28/h16-18,23,27-28H,2-15,26H2,1H3. The predicted molar refractivity (Wildman–Crippen MR) is 127 cm³/mol. The first kappa shape index (κ1) is 25.2. The van der Waals surface area contributed by atoms with Crippen LogP contribution in [0.1, 0.15) is 99.5 Å². The quantitative estimate of drug-likeness (QED) is 0.189. The van der Waals surface area contributed by atoms with Crippen LogP contribution in [0.3, 0.4) is 0 Å². The van der Waals surface area contributed by atoms with Gasteiger partial charge in [-0.25, -0.2) is 4.79 Å². The van der Waals surface area contributed by atoms with Crippen LogP contribution in [-0.4, -0.2) is 30.8 Å². The molecule has 1 atom stereocenters. The Morgan fingerprint density at radius 2 is 1.83 bits per heavy atom. The number of anilines is 1. The molecular weight excluding hydrogens is 444 g/mol. The molecule has 1 aliphatic rings. The van der Waals surface area contributed by atoms with Crippen molar-refractivity contribution in [3.63, 3.8) is 0 Å². The van der Waals surface area contributed by atoms with E-state index in [9.17, 15) is 4.79 Å². The second-order valence-electron chi connectivity index (χ2n) is 8.38. The van der Waals surface area contributed by atoms with Gasteiger partial charge in [-0.05, 0) is 71.8 Å². The first-order valence-electron chi connectivity index (χ1n) is 11.7. The molecule has 1 unspecified atom stereocenters. The van der Waals surface area contributed by atoms with E-state index in [1.807, 2.05) is 6.07 Å². The fraction of sp³-hybridized carbons (Fsp3) is 0.708. The van der Waals surface area contributed by atoms with E-state index in [-0.39, 0.29) is 18.6 Å². The molecule has 2 rings (SSSR count). The number of hydrogen-bond acceptors (Lipinski definition) is 5. The number of carbonyl (C=O) groups excluding carboxylic acids is 1. The molecule has 6 heteroatoms. The molecule has 1 fully saturated rings. The van der Waals surface area contributed by atoms with E-state index in [1.54, 1.807) is 6.07 Å². The van der Waals surface area contributed by atoms with Crippen LogP contribution in [0.4, 0.5) is 5.69 Å². The minimum absolute atomic E-state index is 0.165. The van der Waals surface area contributed by atoms with Gasteiger partial charge in [0, 0.05) is 17.1 Å². The summed E-state index contributed by atoms with van der Waals surface area (Å²) < 4.78 is 6.29. The van der Waals surface area contributed by atoms with Gasteiger partial charge in [0.2, 0.25) is 0 Å². The van der Waals surface area contributed by atoms with Gasteiger partial charge in [0.05, 0.1) is 17.9 Å². The van der Waals surface area contributed by atoms with Crippen LogP contribution in [-0.2, 0) is 4.74 Å². The smallest absolute Gasteiger partial charge is 0.338 e. The molecule has 0 aliphatic heterocycles. The molecule has 30 heavy (non-hydrogen) atoms. The van der Waals surface area contributed by atoms with Crippen molar-refractivity contribution >= 4 is 27.6 Å². The van der Waals surface area contributed by atoms with Crippen molar-refractivity contribution in [2.45, 2.75) is 83.6 Å². The maximum atomic E-state index is 12.7. The predicted octanol–water partition coefficient (Wildman–Crippen LogP) is 5.75. The Kier molecular flexibility index (Phi) is 11.8. The molecular formula is C24H39BrN2O3. The SMILES string of the molecule is CCNC(c1cc(C(=O)OCCCCCCCCO)cc(Br)c1N)C1CCCCC1.